The Bertz CT molecular complexity index is 2470. The number of benzene rings is 6. The first kappa shape index (κ1) is 23.8. The van der Waals surface area contributed by atoms with Crippen molar-refractivity contribution in [1.82, 2.24) is 9.55 Å². The van der Waals surface area contributed by atoms with Crippen molar-refractivity contribution in [2.24, 2.45) is 0 Å². The monoisotopic (exact) mass is 551 g/mol. The van der Waals surface area contributed by atoms with Gasteiger partial charge >= 0.3 is 0 Å². The average Bonchev–Trinajstić information content (AvgIpc) is 3.60. The van der Waals surface area contributed by atoms with Gasteiger partial charge in [-0.05, 0) is 83.6 Å². The van der Waals surface area contributed by atoms with E-state index in [-0.39, 0.29) is 0 Å². The third-order valence-electron chi connectivity index (χ3n) is 8.37. The SMILES string of the molecule is c1ccc(N(c2cccc(-n3c4ccccc4c4cc5ccccc5cc43)c2)c2cccc3c2oc2cccnc23)cc1. The van der Waals surface area contributed by atoms with Crippen molar-refractivity contribution in [2.45, 2.75) is 0 Å². The summed E-state index contributed by atoms with van der Waals surface area (Å²) in [7, 11) is 0. The predicted molar refractivity (Wildman–Crippen MR) is 178 cm³/mol. The largest absolute Gasteiger partial charge is 0.452 e. The minimum absolute atomic E-state index is 0.782. The topological polar surface area (TPSA) is 34.2 Å². The van der Waals surface area contributed by atoms with Crippen molar-refractivity contribution in [3.63, 3.8) is 0 Å². The lowest BCUT2D eigenvalue weighted by atomic mass is 10.1. The van der Waals surface area contributed by atoms with E-state index >= 15 is 0 Å². The molecule has 0 aliphatic carbocycles. The van der Waals surface area contributed by atoms with Gasteiger partial charge < -0.3 is 13.9 Å². The van der Waals surface area contributed by atoms with Gasteiger partial charge in [-0.2, -0.15) is 0 Å². The van der Waals surface area contributed by atoms with Gasteiger partial charge in [-0.25, -0.2) is 0 Å². The van der Waals surface area contributed by atoms with E-state index in [1.165, 1.54) is 32.6 Å². The van der Waals surface area contributed by atoms with Crippen LogP contribution in [0.1, 0.15) is 0 Å². The standard InChI is InChI=1S/C39H25N3O/c1-2-13-28(14-3-1)41(35-20-9-18-32-38-37(43-39(32)35)21-10-22-40-38)29-15-8-16-30(25-29)42-34-19-7-6-17-31(34)33-23-26-11-4-5-12-27(26)24-36(33)42/h1-25H. The second kappa shape index (κ2) is 9.33. The average molecular weight is 552 g/mol. The molecule has 0 spiro atoms. The molecule has 0 saturated carbocycles. The zero-order valence-electron chi connectivity index (χ0n) is 23.2. The molecule has 3 aromatic heterocycles. The Hall–Kier alpha value is -5.87. The van der Waals surface area contributed by atoms with Crippen LogP contribution in [0.2, 0.25) is 0 Å². The Morgan fingerprint density at radius 2 is 1.28 bits per heavy atom. The van der Waals surface area contributed by atoms with Crippen LogP contribution in [-0.2, 0) is 0 Å². The van der Waals surface area contributed by atoms with Gasteiger partial charge in [0.05, 0.1) is 16.7 Å². The van der Waals surface area contributed by atoms with Crippen LogP contribution >= 0.6 is 0 Å². The summed E-state index contributed by atoms with van der Waals surface area (Å²) in [5.41, 5.74) is 8.99. The quantitative estimate of drug-likeness (QED) is 0.218. The molecule has 3 heterocycles. The highest BCUT2D eigenvalue weighted by Gasteiger charge is 2.21. The highest BCUT2D eigenvalue weighted by molar-refractivity contribution is 6.14. The highest BCUT2D eigenvalue weighted by atomic mass is 16.3. The number of para-hydroxylation sites is 3. The van der Waals surface area contributed by atoms with Crippen molar-refractivity contribution >= 4 is 71.7 Å². The third kappa shape index (κ3) is 3.67. The first-order valence-electron chi connectivity index (χ1n) is 14.5. The molecular weight excluding hydrogens is 526 g/mol. The molecule has 4 nitrogen and oxygen atoms in total. The Morgan fingerprint density at radius 3 is 2.19 bits per heavy atom. The van der Waals surface area contributed by atoms with E-state index in [0.717, 1.165) is 44.8 Å². The molecule has 6 aromatic carbocycles. The summed E-state index contributed by atoms with van der Waals surface area (Å²) in [6.07, 6.45) is 1.82. The van der Waals surface area contributed by atoms with Gasteiger partial charge in [0.2, 0.25) is 0 Å². The van der Waals surface area contributed by atoms with Gasteiger partial charge in [-0.1, -0.05) is 72.8 Å². The number of pyridine rings is 1. The molecule has 202 valence electrons. The minimum atomic E-state index is 0.782. The number of rotatable bonds is 4. The summed E-state index contributed by atoms with van der Waals surface area (Å²) in [6, 6.07) is 51.3. The summed E-state index contributed by atoms with van der Waals surface area (Å²) in [6.45, 7) is 0. The maximum Gasteiger partial charge on any atom is 0.161 e. The van der Waals surface area contributed by atoms with E-state index in [1.54, 1.807) is 0 Å². The Balaban J connectivity index is 1.31. The van der Waals surface area contributed by atoms with Gasteiger partial charge in [-0.15, -0.1) is 0 Å². The van der Waals surface area contributed by atoms with E-state index in [9.17, 15) is 0 Å². The first-order chi connectivity index (χ1) is 21.3. The molecule has 0 atom stereocenters. The van der Waals surface area contributed by atoms with Crippen LogP contribution in [0, 0.1) is 0 Å². The lowest BCUT2D eigenvalue weighted by Gasteiger charge is -2.26. The molecule has 43 heavy (non-hydrogen) atoms. The molecule has 0 amide bonds. The number of anilines is 3. The zero-order valence-corrected chi connectivity index (χ0v) is 23.2. The van der Waals surface area contributed by atoms with E-state index in [0.29, 0.717) is 0 Å². The molecule has 0 aliphatic rings. The normalized spacial score (nSPS) is 11.7. The summed E-state index contributed by atoms with van der Waals surface area (Å²) >= 11 is 0. The van der Waals surface area contributed by atoms with Gasteiger partial charge in [-0.3, -0.25) is 4.98 Å². The summed E-state index contributed by atoms with van der Waals surface area (Å²) in [5.74, 6) is 0. The second-order valence-corrected chi connectivity index (χ2v) is 10.9. The molecule has 0 aliphatic heterocycles. The van der Waals surface area contributed by atoms with Gasteiger partial charge in [0.1, 0.15) is 5.52 Å². The summed E-state index contributed by atoms with van der Waals surface area (Å²) in [4.78, 5) is 6.90. The molecule has 0 fully saturated rings. The molecule has 9 aromatic rings. The van der Waals surface area contributed by atoms with Crippen LogP contribution < -0.4 is 4.90 Å². The second-order valence-electron chi connectivity index (χ2n) is 10.9. The highest BCUT2D eigenvalue weighted by Crippen LogP contribution is 2.42. The molecule has 0 bridgehead atoms. The number of hydrogen-bond acceptors (Lipinski definition) is 3. The molecule has 9 rings (SSSR count). The molecular formula is C39H25N3O. The van der Waals surface area contributed by atoms with Crippen LogP contribution in [-0.4, -0.2) is 9.55 Å². The fourth-order valence-electron chi connectivity index (χ4n) is 6.49. The van der Waals surface area contributed by atoms with Crippen molar-refractivity contribution in [3.8, 4) is 5.69 Å². The molecule has 0 saturated heterocycles. The van der Waals surface area contributed by atoms with Crippen molar-refractivity contribution < 1.29 is 4.42 Å². The third-order valence-corrected chi connectivity index (χ3v) is 8.37. The van der Waals surface area contributed by atoms with Gasteiger partial charge in [0, 0.05) is 39.4 Å². The number of fused-ring (bicyclic) bond motifs is 7. The number of furan rings is 1. The van der Waals surface area contributed by atoms with E-state index in [2.05, 4.69) is 142 Å². The molecule has 0 unspecified atom stereocenters. The van der Waals surface area contributed by atoms with E-state index < -0.39 is 0 Å². The molecule has 0 radical (unpaired) electrons. The number of aromatic nitrogens is 2. The maximum absolute atomic E-state index is 6.46. The Labute approximate surface area is 247 Å². The van der Waals surface area contributed by atoms with Crippen LogP contribution in [0.15, 0.2) is 156 Å². The van der Waals surface area contributed by atoms with Crippen molar-refractivity contribution in [3.05, 3.63) is 152 Å². The number of nitrogens with zero attached hydrogens (tertiary/aromatic N) is 3. The van der Waals surface area contributed by atoms with E-state index in [4.69, 9.17) is 4.42 Å². The van der Waals surface area contributed by atoms with Crippen LogP contribution in [0.5, 0.6) is 0 Å². The Kier molecular flexibility index (Phi) is 5.16. The maximum atomic E-state index is 6.46. The smallest absolute Gasteiger partial charge is 0.161 e. The zero-order chi connectivity index (χ0) is 28.3. The number of hydrogen-bond donors (Lipinski definition) is 0. The van der Waals surface area contributed by atoms with Crippen molar-refractivity contribution in [1.29, 1.82) is 0 Å². The fraction of sp³-hybridized carbons (Fsp3) is 0. The summed E-state index contributed by atoms with van der Waals surface area (Å²) < 4.78 is 8.84. The predicted octanol–water partition coefficient (Wildman–Crippen LogP) is 10.7. The first-order valence-corrected chi connectivity index (χ1v) is 14.5. The van der Waals surface area contributed by atoms with E-state index in [1.807, 2.05) is 24.4 Å². The van der Waals surface area contributed by atoms with Crippen LogP contribution in [0.25, 0.3) is 60.3 Å². The Morgan fingerprint density at radius 1 is 0.535 bits per heavy atom. The van der Waals surface area contributed by atoms with Gasteiger partial charge in [0.15, 0.2) is 11.2 Å². The van der Waals surface area contributed by atoms with Crippen molar-refractivity contribution in [2.75, 3.05) is 4.90 Å². The van der Waals surface area contributed by atoms with Gasteiger partial charge in [0.25, 0.3) is 0 Å². The van der Waals surface area contributed by atoms with Crippen LogP contribution in [0.4, 0.5) is 17.1 Å². The lowest BCUT2D eigenvalue weighted by molar-refractivity contribution is 0.668. The molecule has 0 N–H and O–H groups in total. The summed E-state index contributed by atoms with van der Waals surface area (Å²) in [5, 5.41) is 5.97. The fourth-order valence-corrected chi connectivity index (χ4v) is 6.49. The minimum Gasteiger partial charge on any atom is -0.452 e. The molecule has 4 heteroatoms. The lowest BCUT2D eigenvalue weighted by Crippen LogP contribution is -2.10. The van der Waals surface area contributed by atoms with Crippen LogP contribution in [0.3, 0.4) is 0 Å².